The Labute approximate surface area is 98.0 Å². The van der Waals surface area contributed by atoms with Crippen molar-refractivity contribution >= 4 is 5.91 Å². The summed E-state index contributed by atoms with van der Waals surface area (Å²) in [6, 6.07) is 0. The molecule has 4 nitrogen and oxygen atoms in total. The molecule has 2 atom stereocenters. The van der Waals surface area contributed by atoms with E-state index in [1.165, 1.54) is 0 Å². The monoisotopic (exact) mass is 228 g/mol. The van der Waals surface area contributed by atoms with Gasteiger partial charge in [-0.15, -0.1) is 0 Å². The number of aliphatic hydroxyl groups excluding tert-OH is 1. The Kier molecular flexibility index (Phi) is 4.33. The Morgan fingerprint density at radius 1 is 1.56 bits per heavy atom. The van der Waals surface area contributed by atoms with Crippen molar-refractivity contribution in [2.45, 2.75) is 45.8 Å². The van der Waals surface area contributed by atoms with Gasteiger partial charge in [-0.2, -0.15) is 0 Å². The van der Waals surface area contributed by atoms with E-state index in [0.717, 1.165) is 6.54 Å². The minimum atomic E-state index is -0.503. The van der Waals surface area contributed by atoms with Crippen molar-refractivity contribution in [1.29, 1.82) is 0 Å². The molecule has 1 saturated heterocycles. The molecule has 16 heavy (non-hydrogen) atoms. The number of piperidine rings is 1. The van der Waals surface area contributed by atoms with Crippen LogP contribution in [0.4, 0.5) is 0 Å². The van der Waals surface area contributed by atoms with Gasteiger partial charge in [0.2, 0.25) is 5.91 Å². The fourth-order valence-corrected chi connectivity index (χ4v) is 2.23. The first-order valence-corrected chi connectivity index (χ1v) is 6.11. The average Bonchev–Trinajstić information content (AvgIpc) is 2.21. The highest BCUT2D eigenvalue weighted by atomic mass is 16.3. The van der Waals surface area contributed by atoms with Crippen LogP contribution in [0, 0.1) is 5.92 Å². The zero-order valence-corrected chi connectivity index (χ0v) is 10.8. The Hall–Kier alpha value is -0.610. The summed E-state index contributed by atoms with van der Waals surface area (Å²) in [5, 5.41) is 12.8. The molecule has 2 unspecified atom stereocenters. The number of likely N-dealkylation sites (N-methyl/N-ethyl adjacent to an activating group) is 1. The third-order valence-electron chi connectivity index (χ3n) is 3.30. The number of carbonyl (C=O) groups is 1. The number of hydrogen-bond acceptors (Lipinski definition) is 3. The molecule has 1 fully saturated rings. The highest BCUT2D eigenvalue weighted by Gasteiger charge is 2.35. The summed E-state index contributed by atoms with van der Waals surface area (Å²) in [5.41, 5.74) is -0.503. The van der Waals surface area contributed by atoms with Crippen LogP contribution in [0.5, 0.6) is 0 Å². The maximum Gasteiger partial charge on any atom is 0.242 e. The van der Waals surface area contributed by atoms with Crippen molar-refractivity contribution in [1.82, 2.24) is 10.2 Å². The van der Waals surface area contributed by atoms with Gasteiger partial charge in [0.1, 0.15) is 0 Å². The van der Waals surface area contributed by atoms with Gasteiger partial charge in [0, 0.05) is 13.1 Å². The van der Waals surface area contributed by atoms with Crippen LogP contribution in [-0.4, -0.2) is 47.2 Å². The first-order chi connectivity index (χ1) is 7.38. The Morgan fingerprint density at radius 3 is 2.69 bits per heavy atom. The van der Waals surface area contributed by atoms with Crippen LogP contribution < -0.4 is 5.32 Å². The molecule has 0 radical (unpaired) electrons. The number of aliphatic hydroxyl groups is 1. The summed E-state index contributed by atoms with van der Waals surface area (Å²) < 4.78 is 0. The smallest absolute Gasteiger partial charge is 0.242 e. The third kappa shape index (κ3) is 2.95. The molecule has 0 aromatic heterocycles. The SMILES string of the molecule is CCNC(C)(C)C(=O)N1CCC(O)C(C)C1. The van der Waals surface area contributed by atoms with Crippen LogP contribution in [-0.2, 0) is 4.79 Å². The van der Waals surface area contributed by atoms with Gasteiger partial charge in [0.25, 0.3) is 0 Å². The molecule has 1 aliphatic heterocycles. The van der Waals surface area contributed by atoms with Gasteiger partial charge in [-0.1, -0.05) is 13.8 Å². The van der Waals surface area contributed by atoms with Gasteiger partial charge in [-0.3, -0.25) is 4.79 Å². The highest BCUT2D eigenvalue weighted by molar-refractivity contribution is 5.85. The third-order valence-corrected chi connectivity index (χ3v) is 3.30. The lowest BCUT2D eigenvalue weighted by atomic mass is 9.94. The largest absolute Gasteiger partial charge is 0.393 e. The Morgan fingerprint density at radius 2 is 2.19 bits per heavy atom. The van der Waals surface area contributed by atoms with E-state index in [0.29, 0.717) is 19.5 Å². The molecule has 0 aliphatic carbocycles. The van der Waals surface area contributed by atoms with E-state index in [2.05, 4.69) is 5.32 Å². The van der Waals surface area contributed by atoms with Crippen LogP contribution in [0.3, 0.4) is 0 Å². The number of carbonyl (C=O) groups excluding carboxylic acids is 1. The van der Waals surface area contributed by atoms with Crippen LogP contribution in [0.2, 0.25) is 0 Å². The van der Waals surface area contributed by atoms with Crippen molar-refractivity contribution in [3.05, 3.63) is 0 Å². The molecule has 1 heterocycles. The number of nitrogens with zero attached hydrogens (tertiary/aromatic N) is 1. The summed E-state index contributed by atoms with van der Waals surface area (Å²) in [4.78, 5) is 14.1. The van der Waals surface area contributed by atoms with Crippen molar-refractivity contribution in [2.24, 2.45) is 5.92 Å². The molecule has 1 rings (SSSR count). The number of rotatable bonds is 3. The standard InChI is InChI=1S/C12H24N2O2/c1-5-13-12(3,4)11(16)14-7-6-10(15)9(2)8-14/h9-10,13,15H,5-8H2,1-4H3. The topological polar surface area (TPSA) is 52.6 Å². The molecule has 0 bridgehead atoms. The van der Waals surface area contributed by atoms with Crippen LogP contribution in [0.15, 0.2) is 0 Å². The zero-order valence-electron chi connectivity index (χ0n) is 10.8. The predicted molar refractivity (Wildman–Crippen MR) is 64.1 cm³/mol. The van der Waals surface area contributed by atoms with Gasteiger partial charge >= 0.3 is 0 Å². The first kappa shape index (κ1) is 13.5. The van der Waals surface area contributed by atoms with Crippen LogP contribution in [0.1, 0.15) is 34.1 Å². The summed E-state index contributed by atoms with van der Waals surface area (Å²) in [5.74, 6) is 0.309. The molecule has 0 spiro atoms. The summed E-state index contributed by atoms with van der Waals surface area (Å²) in [6.45, 7) is 9.92. The van der Waals surface area contributed by atoms with Gasteiger partial charge in [-0.05, 0) is 32.7 Å². The Bertz CT molecular complexity index is 253. The lowest BCUT2D eigenvalue weighted by Gasteiger charge is -2.39. The Balaban J connectivity index is 2.61. The van der Waals surface area contributed by atoms with E-state index < -0.39 is 5.54 Å². The van der Waals surface area contributed by atoms with E-state index >= 15 is 0 Å². The minimum Gasteiger partial charge on any atom is -0.393 e. The maximum absolute atomic E-state index is 12.2. The van der Waals surface area contributed by atoms with E-state index in [4.69, 9.17) is 0 Å². The predicted octanol–water partition coefficient (Wildman–Crippen LogP) is 0.604. The number of amides is 1. The molecule has 0 saturated carbocycles. The molecule has 94 valence electrons. The van der Waals surface area contributed by atoms with Gasteiger partial charge < -0.3 is 15.3 Å². The number of likely N-dealkylation sites (tertiary alicyclic amines) is 1. The minimum absolute atomic E-state index is 0.133. The van der Waals surface area contributed by atoms with Gasteiger partial charge in [0.15, 0.2) is 0 Å². The van der Waals surface area contributed by atoms with Crippen molar-refractivity contribution in [3.63, 3.8) is 0 Å². The maximum atomic E-state index is 12.2. The van der Waals surface area contributed by atoms with Crippen LogP contribution in [0.25, 0.3) is 0 Å². The van der Waals surface area contributed by atoms with E-state index in [1.807, 2.05) is 32.6 Å². The number of hydrogen-bond donors (Lipinski definition) is 2. The fourth-order valence-electron chi connectivity index (χ4n) is 2.23. The van der Waals surface area contributed by atoms with Crippen molar-refractivity contribution in [3.8, 4) is 0 Å². The summed E-state index contributed by atoms with van der Waals surface area (Å²) >= 11 is 0. The molecule has 1 amide bonds. The first-order valence-electron chi connectivity index (χ1n) is 6.11. The second-order valence-corrected chi connectivity index (χ2v) is 5.24. The summed E-state index contributed by atoms with van der Waals surface area (Å²) in [7, 11) is 0. The molecule has 0 aromatic rings. The van der Waals surface area contributed by atoms with Gasteiger partial charge in [0.05, 0.1) is 11.6 Å². The summed E-state index contributed by atoms with van der Waals surface area (Å²) in [6.07, 6.45) is 0.432. The van der Waals surface area contributed by atoms with Crippen molar-refractivity contribution < 1.29 is 9.90 Å². The number of nitrogens with one attached hydrogen (secondary N) is 1. The van der Waals surface area contributed by atoms with Crippen LogP contribution >= 0.6 is 0 Å². The normalized spacial score (nSPS) is 26.9. The fraction of sp³-hybridized carbons (Fsp3) is 0.917. The lowest BCUT2D eigenvalue weighted by Crippen LogP contribution is -2.57. The van der Waals surface area contributed by atoms with Gasteiger partial charge in [-0.25, -0.2) is 0 Å². The second-order valence-electron chi connectivity index (χ2n) is 5.24. The van der Waals surface area contributed by atoms with E-state index in [9.17, 15) is 9.90 Å². The zero-order chi connectivity index (χ0) is 12.3. The molecule has 0 aromatic carbocycles. The molecule has 1 aliphatic rings. The molecular weight excluding hydrogens is 204 g/mol. The average molecular weight is 228 g/mol. The highest BCUT2D eigenvalue weighted by Crippen LogP contribution is 2.19. The quantitative estimate of drug-likeness (QED) is 0.744. The van der Waals surface area contributed by atoms with E-state index in [1.54, 1.807) is 0 Å². The second kappa shape index (κ2) is 5.15. The molecule has 4 heteroatoms. The lowest BCUT2D eigenvalue weighted by molar-refractivity contribution is -0.140. The van der Waals surface area contributed by atoms with E-state index in [-0.39, 0.29) is 17.9 Å². The molecular formula is C12H24N2O2. The van der Waals surface area contributed by atoms with Crippen molar-refractivity contribution in [2.75, 3.05) is 19.6 Å². The molecule has 2 N–H and O–H groups in total.